The zero-order valence-corrected chi connectivity index (χ0v) is 19.0. The van der Waals surface area contributed by atoms with E-state index in [1.807, 2.05) is 35.2 Å². The minimum Gasteiger partial charge on any atom is -0.308 e. The van der Waals surface area contributed by atoms with Crippen LogP contribution in [0.2, 0.25) is 0 Å². The maximum Gasteiger partial charge on any atom is 0.326 e. The first-order valence-electron chi connectivity index (χ1n) is 11.0. The summed E-state index contributed by atoms with van der Waals surface area (Å²) in [5.74, 6) is -1.01. The molecule has 2 aliphatic heterocycles. The molecule has 33 heavy (non-hydrogen) atoms. The molecule has 0 radical (unpaired) electrons. The second-order valence-electron chi connectivity index (χ2n) is 9.59. The molecule has 5 amide bonds. The number of urea groups is 1. The predicted octanol–water partition coefficient (Wildman–Crippen LogP) is 3.07. The molecule has 2 aromatic carbocycles. The summed E-state index contributed by atoms with van der Waals surface area (Å²) < 4.78 is 0. The molecule has 0 bridgehead atoms. The van der Waals surface area contributed by atoms with Crippen LogP contribution >= 0.6 is 0 Å². The number of amides is 5. The first-order valence-corrected chi connectivity index (χ1v) is 11.0. The minimum atomic E-state index is -0.603. The lowest BCUT2D eigenvalue weighted by Gasteiger charge is -2.29. The molecule has 172 valence electrons. The van der Waals surface area contributed by atoms with Crippen molar-refractivity contribution in [3.05, 3.63) is 64.7 Å². The zero-order valence-electron chi connectivity index (χ0n) is 19.0. The largest absolute Gasteiger partial charge is 0.326 e. The van der Waals surface area contributed by atoms with Gasteiger partial charge in [-0.25, -0.2) is 4.79 Å². The van der Waals surface area contributed by atoms with E-state index in [4.69, 9.17) is 0 Å². The zero-order chi connectivity index (χ0) is 23.8. The van der Waals surface area contributed by atoms with Gasteiger partial charge in [-0.2, -0.15) is 0 Å². The third-order valence-corrected chi connectivity index (χ3v) is 6.10. The summed E-state index contributed by atoms with van der Waals surface area (Å²) in [6.07, 6.45) is 0.813. The topological polar surface area (TPSA) is 108 Å². The Bertz CT molecular complexity index is 1120. The Morgan fingerprint density at radius 3 is 2.36 bits per heavy atom. The van der Waals surface area contributed by atoms with E-state index in [-0.39, 0.29) is 23.3 Å². The van der Waals surface area contributed by atoms with Gasteiger partial charge in [0.2, 0.25) is 11.8 Å². The monoisotopic (exact) mass is 448 g/mol. The number of nitrogens with zero attached hydrogens (tertiary/aromatic N) is 1. The summed E-state index contributed by atoms with van der Waals surface area (Å²) in [6.45, 7) is 7.42. The third kappa shape index (κ3) is 5.12. The Morgan fingerprint density at radius 2 is 1.70 bits per heavy atom. The standard InChI is InChI=1S/C25H28N4O4/c1-25(2,3)18-6-8-19(9-7-18)26-24(33)28-22(31)15-4-5-16-13-29(14-17(16)12-15)20-10-11-21(30)27-23(20)32/h4-9,12,20H,10-11,13-14H2,1-3H3,(H,27,30,32)(H2,26,28,31,33). The summed E-state index contributed by atoms with van der Waals surface area (Å²) in [4.78, 5) is 50.5. The molecule has 1 atom stereocenters. The SMILES string of the molecule is CC(C)(C)c1ccc(NC(=O)NC(=O)c2ccc3c(c2)CN(C2CCC(=O)NC2=O)C3)cc1. The van der Waals surface area contributed by atoms with Crippen LogP contribution in [0.5, 0.6) is 0 Å². The Labute approximate surface area is 192 Å². The second kappa shape index (κ2) is 8.78. The van der Waals surface area contributed by atoms with Gasteiger partial charge in [0.25, 0.3) is 5.91 Å². The van der Waals surface area contributed by atoms with Gasteiger partial charge >= 0.3 is 6.03 Å². The van der Waals surface area contributed by atoms with Crippen LogP contribution in [0.15, 0.2) is 42.5 Å². The van der Waals surface area contributed by atoms with E-state index in [0.29, 0.717) is 37.2 Å². The number of benzene rings is 2. The van der Waals surface area contributed by atoms with Crippen molar-refractivity contribution in [2.24, 2.45) is 0 Å². The number of imide groups is 2. The Kier molecular flexibility index (Phi) is 6.03. The summed E-state index contributed by atoms with van der Waals surface area (Å²) in [5, 5.41) is 7.43. The Hall–Kier alpha value is -3.52. The fourth-order valence-corrected chi connectivity index (χ4v) is 4.20. The fourth-order valence-electron chi connectivity index (χ4n) is 4.20. The van der Waals surface area contributed by atoms with Crippen LogP contribution in [0.3, 0.4) is 0 Å². The molecule has 1 fully saturated rings. The van der Waals surface area contributed by atoms with Crippen LogP contribution in [0.4, 0.5) is 10.5 Å². The Balaban J connectivity index is 1.36. The van der Waals surface area contributed by atoms with E-state index in [1.165, 1.54) is 0 Å². The van der Waals surface area contributed by atoms with E-state index in [0.717, 1.165) is 16.7 Å². The normalized spacial score (nSPS) is 18.5. The number of hydrogen-bond donors (Lipinski definition) is 3. The van der Waals surface area contributed by atoms with Crippen LogP contribution in [-0.4, -0.2) is 34.7 Å². The van der Waals surface area contributed by atoms with E-state index in [2.05, 4.69) is 36.7 Å². The number of rotatable bonds is 3. The van der Waals surface area contributed by atoms with Crippen molar-refractivity contribution in [3.8, 4) is 0 Å². The molecule has 1 unspecified atom stereocenters. The summed E-state index contributed by atoms with van der Waals surface area (Å²) in [5.41, 5.74) is 4.09. The molecule has 4 rings (SSSR count). The molecule has 8 heteroatoms. The first kappa shape index (κ1) is 22.7. The number of carbonyl (C=O) groups excluding carboxylic acids is 4. The van der Waals surface area contributed by atoms with Crippen LogP contribution in [0.1, 0.15) is 60.7 Å². The van der Waals surface area contributed by atoms with E-state index in [1.54, 1.807) is 12.1 Å². The molecule has 0 spiro atoms. The summed E-state index contributed by atoms with van der Waals surface area (Å²) >= 11 is 0. The number of piperidine rings is 1. The van der Waals surface area contributed by atoms with Crippen LogP contribution in [-0.2, 0) is 28.1 Å². The van der Waals surface area contributed by atoms with Gasteiger partial charge in [0.1, 0.15) is 0 Å². The molecule has 1 saturated heterocycles. The van der Waals surface area contributed by atoms with Crippen molar-refractivity contribution in [1.82, 2.24) is 15.5 Å². The molecule has 2 aromatic rings. The quantitative estimate of drug-likeness (QED) is 0.626. The maximum absolute atomic E-state index is 12.6. The van der Waals surface area contributed by atoms with E-state index < -0.39 is 11.9 Å². The highest BCUT2D eigenvalue weighted by Gasteiger charge is 2.34. The lowest BCUT2D eigenvalue weighted by atomic mass is 9.87. The van der Waals surface area contributed by atoms with Crippen LogP contribution in [0.25, 0.3) is 0 Å². The van der Waals surface area contributed by atoms with Gasteiger partial charge in [-0.05, 0) is 52.8 Å². The highest BCUT2D eigenvalue weighted by atomic mass is 16.2. The molecule has 2 heterocycles. The van der Waals surface area contributed by atoms with Crippen molar-refractivity contribution < 1.29 is 19.2 Å². The van der Waals surface area contributed by atoms with Crippen molar-refractivity contribution in [1.29, 1.82) is 0 Å². The van der Waals surface area contributed by atoms with Crippen molar-refractivity contribution >= 4 is 29.4 Å². The van der Waals surface area contributed by atoms with Crippen molar-refractivity contribution in [2.75, 3.05) is 5.32 Å². The lowest BCUT2D eigenvalue weighted by molar-refractivity contribution is -0.137. The molecule has 0 aromatic heterocycles. The average Bonchev–Trinajstić information content (AvgIpc) is 3.16. The van der Waals surface area contributed by atoms with Crippen molar-refractivity contribution in [3.63, 3.8) is 0 Å². The van der Waals surface area contributed by atoms with Gasteiger partial charge in [-0.1, -0.05) is 39.0 Å². The molecule has 0 saturated carbocycles. The molecule has 3 N–H and O–H groups in total. The molecule has 2 aliphatic rings. The van der Waals surface area contributed by atoms with Crippen molar-refractivity contribution in [2.45, 2.75) is 58.2 Å². The number of anilines is 1. The second-order valence-corrected chi connectivity index (χ2v) is 9.59. The van der Waals surface area contributed by atoms with E-state index in [9.17, 15) is 19.2 Å². The van der Waals surface area contributed by atoms with Gasteiger partial charge in [0, 0.05) is 30.8 Å². The maximum atomic E-state index is 12.6. The predicted molar refractivity (Wildman–Crippen MR) is 123 cm³/mol. The number of nitrogens with one attached hydrogen (secondary N) is 3. The van der Waals surface area contributed by atoms with Crippen LogP contribution < -0.4 is 16.0 Å². The van der Waals surface area contributed by atoms with E-state index >= 15 is 0 Å². The molecule has 0 aliphatic carbocycles. The molecular weight excluding hydrogens is 420 g/mol. The molecule has 8 nitrogen and oxygen atoms in total. The van der Waals surface area contributed by atoms with Gasteiger partial charge < -0.3 is 5.32 Å². The number of fused-ring (bicyclic) bond motifs is 1. The average molecular weight is 449 g/mol. The van der Waals surface area contributed by atoms with Gasteiger partial charge in [0.05, 0.1) is 6.04 Å². The van der Waals surface area contributed by atoms with Gasteiger partial charge in [-0.3, -0.25) is 29.9 Å². The van der Waals surface area contributed by atoms with Crippen LogP contribution in [0, 0.1) is 0 Å². The third-order valence-electron chi connectivity index (χ3n) is 6.10. The summed E-state index contributed by atoms with van der Waals surface area (Å²) in [7, 11) is 0. The van der Waals surface area contributed by atoms with Gasteiger partial charge in [0.15, 0.2) is 0 Å². The fraction of sp³-hybridized carbons (Fsp3) is 0.360. The first-order chi connectivity index (χ1) is 15.6. The minimum absolute atomic E-state index is 0.0120. The smallest absolute Gasteiger partial charge is 0.308 e. The van der Waals surface area contributed by atoms with Gasteiger partial charge in [-0.15, -0.1) is 0 Å². The number of hydrogen-bond acceptors (Lipinski definition) is 5. The molecular formula is C25H28N4O4. The highest BCUT2D eigenvalue weighted by molar-refractivity contribution is 6.08. The number of carbonyl (C=O) groups is 4. The Morgan fingerprint density at radius 1 is 1.00 bits per heavy atom. The summed E-state index contributed by atoms with van der Waals surface area (Å²) in [6, 6.07) is 11.8. The highest BCUT2D eigenvalue weighted by Crippen LogP contribution is 2.28. The lowest BCUT2D eigenvalue weighted by Crippen LogP contribution is -2.50.